The Bertz CT molecular complexity index is 868. The van der Waals surface area contributed by atoms with E-state index in [0.717, 1.165) is 36.7 Å². The second-order valence-electron chi connectivity index (χ2n) is 7.23. The molecule has 154 valence electrons. The minimum absolute atomic E-state index is 0.0847. The maximum atomic E-state index is 13.9. The summed E-state index contributed by atoms with van der Waals surface area (Å²) in [4.78, 5) is 17.0. The van der Waals surface area contributed by atoms with Crippen LogP contribution in [0, 0.1) is 5.82 Å². The molecule has 2 aliphatic heterocycles. The van der Waals surface area contributed by atoms with Gasteiger partial charge in [-0.25, -0.2) is 4.39 Å². The average molecular weight is 400 g/mol. The van der Waals surface area contributed by atoms with Crippen LogP contribution in [0.15, 0.2) is 42.5 Å². The van der Waals surface area contributed by atoms with Crippen molar-refractivity contribution in [3.05, 3.63) is 53.8 Å². The molecular formula is C22H25FN2O4. The lowest BCUT2D eigenvalue weighted by molar-refractivity contribution is -0.140. The van der Waals surface area contributed by atoms with Crippen molar-refractivity contribution in [2.75, 3.05) is 33.0 Å². The van der Waals surface area contributed by atoms with Gasteiger partial charge in [0.25, 0.3) is 5.91 Å². The van der Waals surface area contributed by atoms with Crippen LogP contribution in [0.2, 0.25) is 0 Å². The lowest BCUT2D eigenvalue weighted by Gasteiger charge is -2.36. The van der Waals surface area contributed by atoms with Gasteiger partial charge in [0.15, 0.2) is 29.2 Å². The van der Waals surface area contributed by atoms with Gasteiger partial charge >= 0.3 is 0 Å². The van der Waals surface area contributed by atoms with Gasteiger partial charge in [-0.15, -0.1) is 0 Å². The molecule has 1 atom stereocenters. The summed E-state index contributed by atoms with van der Waals surface area (Å²) in [6.07, 6.45) is -0.183. The first-order valence-corrected chi connectivity index (χ1v) is 9.95. The summed E-state index contributed by atoms with van der Waals surface area (Å²) < 4.78 is 30.3. The van der Waals surface area contributed by atoms with Crippen molar-refractivity contribution in [2.45, 2.75) is 26.0 Å². The molecule has 2 aliphatic rings. The molecule has 1 amide bonds. The molecule has 1 fully saturated rings. The fourth-order valence-corrected chi connectivity index (χ4v) is 3.63. The highest BCUT2D eigenvalue weighted by molar-refractivity contribution is 5.81. The molecule has 0 saturated carbocycles. The zero-order valence-corrected chi connectivity index (χ0v) is 16.5. The first-order chi connectivity index (χ1) is 14.1. The summed E-state index contributed by atoms with van der Waals surface area (Å²) in [6.45, 7) is 5.74. The minimum Gasteiger partial charge on any atom is -0.478 e. The molecule has 2 aromatic rings. The summed E-state index contributed by atoms with van der Waals surface area (Å²) in [5, 5.41) is 0. The van der Waals surface area contributed by atoms with Gasteiger partial charge in [0.1, 0.15) is 0 Å². The van der Waals surface area contributed by atoms with Crippen LogP contribution < -0.4 is 14.2 Å². The van der Waals surface area contributed by atoms with Crippen LogP contribution in [0.3, 0.4) is 0 Å². The van der Waals surface area contributed by atoms with E-state index in [9.17, 15) is 9.18 Å². The van der Waals surface area contributed by atoms with Gasteiger partial charge in [0, 0.05) is 32.7 Å². The van der Waals surface area contributed by atoms with E-state index in [4.69, 9.17) is 14.2 Å². The predicted octanol–water partition coefficient (Wildman–Crippen LogP) is 3.06. The van der Waals surface area contributed by atoms with Gasteiger partial charge in [-0.3, -0.25) is 9.69 Å². The van der Waals surface area contributed by atoms with Crippen LogP contribution in [-0.4, -0.2) is 54.8 Å². The molecule has 0 bridgehead atoms. The summed E-state index contributed by atoms with van der Waals surface area (Å²) in [6, 6.07) is 12.2. The largest absolute Gasteiger partial charge is 0.478 e. The number of para-hydroxylation sites is 1. The molecule has 0 N–H and O–H groups in total. The van der Waals surface area contributed by atoms with E-state index < -0.39 is 11.9 Å². The maximum absolute atomic E-state index is 13.9. The van der Waals surface area contributed by atoms with Crippen LogP contribution in [0.5, 0.6) is 17.2 Å². The molecule has 2 heterocycles. The first-order valence-electron chi connectivity index (χ1n) is 9.95. The zero-order chi connectivity index (χ0) is 20.2. The second kappa shape index (κ2) is 8.69. The minimum atomic E-state index is -0.674. The van der Waals surface area contributed by atoms with E-state index in [2.05, 4.69) is 4.90 Å². The molecule has 0 spiro atoms. The van der Waals surface area contributed by atoms with E-state index in [1.807, 2.05) is 30.0 Å². The Morgan fingerprint density at radius 2 is 1.86 bits per heavy atom. The number of rotatable bonds is 6. The predicted molar refractivity (Wildman–Crippen MR) is 106 cm³/mol. The van der Waals surface area contributed by atoms with Gasteiger partial charge < -0.3 is 19.1 Å². The summed E-state index contributed by atoms with van der Waals surface area (Å²) >= 11 is 0. The Kier molecular flexibility index (Phi) is 5.85. The number of nitrogens with zero attached hydrogens (tertiary/aromatic N) is 2. The molecule has 4 rings (SSSR count). The van der Waals surface area contributed by atoms with Crippen molar-refractivity contribution in [1.29, 1.82) is 0 Å². The number of halogens is 1. The van der Waals surface area contributed by atoms with E-state index in [1.165, 1.54) is 6.07 Å². The highest BCUT2D eigenvalue weighted by Crippen LogP contribution is 2.32. The third-order valence-electron chi connectivity index (χ3n) is 5.28. The van der Waals surface area contributed by atoms with E-state index >= 15 is 0 Å². The van der Waals surface area contributed by atoms with Crippen molar-refractivity contribution >= 4 is 5.91 Å². The number of carbonyl (C=O) groups is 1. The fourth-order valence-electron chi connectivity index (χ4n) is 3.63. The van der Waals surface area contributed by atoms with Gasteiger partial charge in [-0.1, -0.05) is 25.1 Å². The van der Waals surface area contributed by atoms with Crippen molar-refractivity contribution in [1.82, 2.24) is 9.80 Å². The Hall–Kier alpha value is -2.80. The number of benzene rings is 2. The monoisotopic (exact) mass is 400 g/mol. The third-order valence-corrected chi connectivity index (χ3v) is 5.28. The molecule has 7 heteroatoms. The summed E-state index contributed by atoms with van der Waals surface area (Å²) in [5.74, 6) is 1.15. The van der Waals surface area contributed by atoms with Crippen molar-refractivity contribution < 1.29 is 23.4 Å². The number of piperazine rings is 1. The second-order valence-corrected chi connectivity index (χ2v) is 7.23. The number of carbonyl (C=O) groups excluding carboxylic acids is 1. The number of fused-ring (bicyclic) bond motifs is 1. The SMILES string of the molecule is CC[C@H](Oc1ccccc1F)C(=O)N1CCN(Cc2ccc3c(c2)OCO3)CC1. The standard InChI is InChI=1S/C22H25FN2O4/c1-2-18(29-19-6-4-3-5-17(19)23)22(26)25-11-9-24(10-12-25)14-16-7-8-20-21(13-16)28-15-27-20/h3-8,13,18H,2,9-12,14-15H2,1H3/t18-/m0/s1. The first kappa shape index (κ1) is 19.5. The van der Waals surface area contributed by atoms with Crippen molar-refractivity contribution in [3.63, 3.8) is 0 Å². The zero-order valence-electron chi connectivity index (χ0n) is 16.5. The van der Waals surface area contributed by atoms with Gasteiger partial charge in [-0.2, -0.15) is 0 Å². The van der Waals surface area contributed by atoms with E-state index in [0.29, 0.717) is 19.5 Å². The quantitative estimate of drug-likeness (QED) is 0.746. The van der Waals surface area contributed by atoms with Crippen LogP contribution in [0.1, 0.15) is 18.9 Å². The molecule has 0 aliphatic carbocycles. The van der Waals surface area contributed by atoms with Gasteiger partial charge in [-0.05, 0) is 36.2 Å². The topological polar surface area (TPSA) is 51.2 Å². The smallest absolute Gasteiger partial charge is 0.263 e. The molecular weight excluding hydrogens is 375 g/mol. The van der Waals surface area contributed by atoms with E-state index in [1.54, 1.807) is 18.2 Å². The van der Waals surface area contributed by atoms with Crippen molar-refractivity contribution in [3.8, 4) is 17.2 Å². The van der Waals surface area contributed by atoms with Crippen LogP contribution in [0.4, 0.5) is 4.39 Å². The molecule has 2 aromatic carbocycles. The number of ether oxygens (including phenoxy) is 3. The Labute approximate surface area is 169 Å². The lowest BCUT2D eigenvalue weighted by Crippen LogP contribution is -2.52. The van der Waals surface area contributed by atoms with Crippen LogP contribution in [-0.2, 0) is 11.3 Å². The molecule has 1 saturated heterocycles. The Morgan fingerprint density at radius 1 is 1.10 bits per heavy atom. The van der Waals surface area contributed by atoms with E-state index in [-0.39, 0.29) is 18.4 Å². The Morgan fingerprint density at radius 3 is 2.62 bits per heavy atom. The lowest BCUT2D eigenvalue weighted by atomic mass is 10.1. The van der Waals surface area contributed by atoms with Crippen molar-refractivity contribution in [2.24, 2.45) is 0 Å². The van der Waals surface area contributed by atoms with Gasteiger partial charge in [0.05, 0.1) is 0 Å². The summed E-state index contributed by atoms with van der Waals surface area (Å²) in [7, 11) is 0. The molecule has 29 heavy (non-hydrogen) atoms. The number of hydrogen-bond donors (Lipinski definition) is 0. The molecule has 6 nitrogen and oxygen atoms in total. The fraction of sp³-hybridized carbons (Fsp3) is 0.409. The molecule has 0 unspecified atom stereocenters. The van der Waals surface area contributed by atoms with Gasteiger partial charge in [0.2, 0.25) is 6.79 Å². The van der Waals surface area contributed by atoms with Crippen LogP contribution in [0.25, 0.3) is 0 Å². The molecule has 0 radical (unpaired) electrons. The highest BCUT2D eigenvalue weighted by atomic mass is 19.1. The Balaban J connectivity index is 1.31. The summed E-state index contributed by atoms with van der Waals surface area (Å²) in [5.41, 5.74) is 1.16. The average Bonchev–Trinajstić information content (AvgIpc) is 3.21. The normalized spacial score (nSPS) is 17.2. The maximum Gasteiger partial charge on any atom is 0.263 e. The third kappa shape index (κ3) is 4.45. The number of hydrogen-bond acceptors (Lipinski definition) is 5. The molecule has 0 aromatic heterocycles. The van der Waals surface area contributed by atoms with Crippen LogP contribution >= 0.6 is 0 Å². The number of amides is 1. The highest BCUT2D eigenvalue weighted by Gasteiger charge is 2.28.